The molecule has 44 heavy (non-hydrogen) atoms. The normalized spacial score (nSPS) is 11.6. The quantitative estimate of drug-likeness (QED) is 0.199. The molecule has 0 saturated heterocycles. The van der Waals surface area contributed by atoms with Crippen LogP contribution in [0.2, 0.25) is 0 Å². The maximum absolute atomic E-state index is 6.97. The van der Waals surface area contributed by atoms with Gasteiger partial charge >= 0.3 is 0 Å². The van der Waals surface area contributed by atoms with Gasteiger partial charge in [-0.3, -0.25) is 0 Å². The minimum Gasteiger partial charge on any atom is -0.453 e. The molecule has 206 valence electrons. The predicted octanol–water partition coefficient (Wildman–Crippen LogP) is 12.2. The molecule has 0 N–H and O–H groups in total. The van der Waals surface area contributed by atoms with Crippen molar-refractivity contribution in [2.75, 3.05) is 4.90 Å². The average Bonchev–Trinajstić information content (AvgIpc) is 3.49. The fourth-order valence-corrected chi connectivity index (χ4v) is 6.84. The van der Waals surface area contributed by atoms with E-state index in [1.165, 1.54) is 38.1 Å². The second-order valence-corrected chi connectivity index (χ2v) is 11.3. The van der Waals surface area contributed by atoms with Gasteiger partial charge in [0.2, 0.25) is 0 Å². The van der Waals surface area contributed by atoms with Crippen LogP contribution < -0.4 is 4.90 Å². The molecule has 8 aromatic carbocycles. The number of benzene rings is 8. The summed E-state index contributed by atoms with van der Waals surface area (Å²) in [6, 6.07) is 58.3. The first-order chi connectivity index (χ1) is 21.8. The zero-order valence-corrected chi connectivity index (χ0v) is 23.9. The van der Waals surface area contributed by atoms with Crippen LogP contribution in [0.25, 0.3) is 65.4 Å². The standard InChI is InChI=1S/C42H27NO/c1-3-14-28(15-4-1)37-27-38-36-24-13-25-39(42(36)44-41(38)35-23-12-10-21-33(35)37)43(30-17-5-2-6-18-30)40-26-29-16-7-8-19-31(29)32-20-9-11-22-34(32)40/h1-27H. The molecular weight excluding hydrogens is 534 g/mol. The summed E-state index contributed by atoms with van der Waals surface area (Å²) >= 11 is 0. The third-order valence-electron chi connectivity index (χ3n) is 8.81. The monoisotopic (exact) mass is 561 g/mol. The van der Waals surface area contributed by atoms with E-state index in [1.807, 2.05) is 0 Å². The molecular formula is C42H27NO. The van der Waals surface area contributed by atoms with Crippen LogP contribution in [0, 0.1) is 0 Å². The summed E-state index contributed by atoms with van der Waals surface area (Å²) in [7, 11) is 0. The number of hydrogen-bond donors (Lipinski definition) is 0. The average molecular weight is 562 g/mol. The number of hydrogen-bond acceptors (Lipinski definition) is 2. The fourth-order valence-electron chi connectivity index (χ4n) is 6.84. The molecule has 1 heterocycles. The maximum Gasteiger partial charge on any atom is 0.159 e. The highest BCUT2D eigenvalue weighted by Gasteiger charge is 2.23. The highest BCUT2D eigenvalue weighted by atomic mass is 16.3. The smallest absolute Gasteiger partial charge is 0.159 e. The molecule has 9 aromatic rings. The van der Waals surface area contributed by atoms with Crippen LogP contribution in [0.15, 0.2) is 168 Å². The molecule has 0 spiro atoms. The van der Waals surface area contributed by atoms with Gasteiger partial charge in [0, 0.05) is 27.2 Å². The first-order valence-electron chi connectivity index (χ1n) is 15.0. The van der Waals surface area contributed by atoms with Gasteiger partial charge in [0.1, 0.15) is 5.58 Å². The van der Waals surface area contributed by atoms with E-state index in [0.29, 0.717) is 0 Å². The lowest BCUT2D eigenvalue weighted by Crippen LogP contribution is -2.10. The third kappa shape index (κ3) is 3.75. The Kier molecular flexibility index (Phi) is 5.54. The minimum atomic E-state index is 0.874. The first kappa shape index (κ1) is 24.7. The lowest BCUT2D eigenvalue weighted by atomic mass is 9.95. The molecule has 1 aromatic heterocycles. The zero-order chi connectivity index (χ0) is 29.0. The van der Waals surface area contributed by atoms with Gasteiger partial charge in [-0.05, 0) is 63.0 Å². The molecule has 9 rings (SSSR count). The topological polar surface area (TPSA) is 16.4 Å². The van der Waals surface area contributed by atoms with E-state index in [-0.39, 0.29) is 0 Å². The molecule has 0 unspecified atom stereocenters. The van der Waals surface area contributed by atoms with Gasteiger partial charge in [0.15, 0.2) is 5.58 Å². The van der Waals surface area contributed by atoms with E-state index in [4.69, 9.17) is 4.42 Å². The number of rotatable bonds is 4. The van der Waals surface area contributed by atoms with Crippen LogP contribution >= 0.6 is 0 Å². The van der Waals surface area contributed by atoms with Crippen molar-refractivity contribution < 1.29 is 4.42 Å². The van der Waals surface area contributed by atoms with Crippen molar-refractivity contribution in [1.82, 2.24) is 0 Å². The van der Waals surface area contributed by atoms with E-state index in [0.717, 1.165) is 44.4 Å². The molecule has 0 radical (unpaired) electrons. The van der Waals surface area contributed by atoms with E-state index < -0.39 is 0 Å². The Labute approximate surface area is 255 Å². The molecule has 0 aliphatic rings. The Hall–Kier alpha value is -5.86. The van der Waals surface area contributed by atoms with Crippen molar-refractivity contribution in [2.24, 2.45) is 0 Å². The summed E-state index contributed by atoms with van der Waals surface area (Å²) in [5.41, 5.74) is 7.41. The van der Waals surface area contributed by atoms with Crippen LogP contribution in [0.5, 0.6) is 0 Å². The molecule has 0 bridgehead atoms. The molecule has 2 heteroatoms. The number of furan rings is 1. The number of nitrogens with zero attached hydrogens (tertiary/aromatic N) is 1. The lowest BCUT2D eigenvalue weighted by Gasteiger charge is -2.27. The van der Waals surface area contributed by atoms with E-state index >= 15 is 0 Å². The SMILES string of the molecule is c1ccc(-c2cc3c4cccc(N(c5ccccc5)c5cc6ccccc6c6ccccc56)c4oc3c3ccccc23)cc1. The van der Waals surface area contributed by atoms with E-state index in [9.17, 15) is 0 Å². The summed E-state index contributed by atoms with van der Waals surface area (Å²) in [5.74, 6) is 0. The van der Waals surface area contributed by atoms with Crippen LogP contribution in [0.1, 0.15) is 0 Å². The van der Waals surface area contributed by atoms with Gasteiger partial charge in [-0.2, -0.15) is 0 Å². The minimum absolute atomic E-state index is 0.874. The molecule has 0 saturated carbocycles. The summed E-state index contributed by atoms with van der Waals surface area (Å²) in [5, 5.41) is 9.42. The summed E-state index contributed by atoms with van der Waals surface area (Å²) in [4.78, 5) is 2.36. The Bertz CT molecular complexity index is 2490. The van der Waals surface area contributed by atoms with Crippen molar-refractivity contribution in [2.45, 2.75) is 0 Å². The van der Waals surface area contributed by atoms with Crippen molar-refractivity contribution >= 4 is 71.3 Å². The number of anilines is 3. The van der Waals surface area contributed by atoms with Gasteiger partial charge in [0.25, 0.3) is 0 Å². The van der Waals surface area contributed by atoms with Crippen molar-refractivity contribution in [3.05, 3.63) is 164 Å². The Morgan fingerprint density at radius 3 is 1.75 bits per heavy atom. The highest BCUT2D eigenvalue weighted by Crippen LogP contribution is 2.47. The largest absolute Gasteiger partial charge is 0.453 e. The number of fused-ring (bicyclic) bond motifs is 8. The maximum atomic E-state index is 6.97. The third-order valence-corrected chi connectivity index (χ3v) is 8.81. The van der Waals surface area contributed by atoms with Crippen LogP contribution in [-0.2, 0) is 0 Å². The Balaban J connectivity index is 1.39. The van der Waals surface area contributed by atoms with Crippen molar-refractivity contribution in [1.29, 1.82) is 0 Å². The first-order valence-corrected chi connectivity index (χ1v) is 15.0. The Morgan fingerprint density at radius 1 is 0.364 bits per heavy atom. The summed E-state index contributed by atoms with van der Waals surface area (Å²) in [6.45, 7) is 0. The molecule has 0 aliphatic heterocycles. The van der Waals surface area contributed by atoms with E-state index in [1.54, 1.807) is 0 Å². The molecule has 0 aliphatic carbocycles. The second kappa shape index (κ2) is 9.86. The molecule has 2 nitrogen and oxygen atoms in total. The van der Waals surface area contributed by atoms with Gasteiger partial charge < -0.3 is 9.32 Å². The van der Waals surface area contributed by atoms with Gasteiger partial charge in [0.05, 0.1) is 11.4 Å². The van der Waals surface area contributed by atoms with Gasteiger partial charge in [-0.25, -0.2) is 0 Å². The summed E-state index contributed by atoms with van der Waals surface area (Å²) in [6.07, 6.45) is 0. The number of para-hydroxylation sites is 2. The highest BCUT2D eigenvalue weighted by molar-refractivity contribution is 6.22. The molecule has 0 fully saturated rings. The van der Waals surface area contributed by atoms with Crippen LogP contribution in [0.4, 0.5) is 17.1 Å². The lowest BCUT2D eigenvalue weighted by molar-refractivity contribution is 0.673. The fraction of sp³-hybridized carbons (Fsp3) is 0. The second-order valence-electron chi connectivity index (χ2n) is 11.3. The molecule has 0 amide bonds. The predicted molar refractivity (Wildman–Crippen MR) is 186 cm³/mol. The summed E-state index contributed by atoms with van der Waals surface area (Å²) < 4.78 is 6.97. The molecule has 0 atom stereocenters. The van der Waals surface area contributed by atoms with Crippen molar-refractivity contribution in [3.8, 4) is 11.1 Å². The van der Waals surface area contributed by atoms with Crippen molar-refractivity contribution in [3.63, 3.8) is 0 Å². The van der Waals surface area contributed by atoms with Gasteiger partial charge in [-0.15, -0.1) is 0 Å². The Morgan fingerprint density at radius 2 is 0.955 bits per heavy atom. The van der Waals surface area contributed by atoms with Gasteiger partial charge in [-0.1, -0.05) is 133 Å². The van der Waals surface area contributed by atoms with Crippen LogP contribution in [-0.4, -0.2) is 0 Å². The van der Waals surface area contributed by atoms with Crippen LogP contribution in [0.3, 0.4) is 0 Å². The zero-order valence-electron chi connectivity index (χ0n) is 23.9. The van der Waals surface area contributed by atoms with E-state index in [2.05, 4.69) is 169 Å².